The second-order valence-electron chi connectivity index (χ2n) is 4.25. The first kappa shape index (κ1) is 14.2. The van der Waals surface area contributed by atoms with E-state index in [2.05, 4.69) is 10.3 Å². The van der Waals surface area contributed by atoms with Gasteiger partial charge in [0.1, 0.15) is 0 Å². The molecule has 0 bridgehead atoms. The van der Waals surface area contributed by atoms with E-state index in [9.17, 15) is 9.59 Å². The zero-order chi connectivity index (χ0) is 13.5. The topological polar surface area (TPSA) is 79.3 Å². The number of carboxylic acids is 1. The van der Waals surface area contributed by atoms with E-state index in [-0.39, 0.29) is 18.4 Å². The number of nitrogens with zero attached hydrogens (tertiary/aromatic N) is 1. The third kappa shape index (κ3) is 4.16. The van der Waals surface area contributed by atoms with Gasteiger partial charge in [0.2, 0.25) is 5.91 Å². The van der Waals surface area contributed by atoms with Crippen molar-refractivity contribution in [3.63, 3.8) is 0 Å². The van der Waals surface area contributed by atoms with Crippen LogP contribution in [-0.2, 0) is 9.59 Å². The van der Waals surface area contributed by atoms with Crippen LogP contribution in [0.4, 0.5) is 0 Å². The molecular weight excluding hydrogens is 232 g/mol. The summed E-state index contributed by atoms with van der Waals surface area (Å²) < 4.78 is 0. The molecule has 0 aromatic carbocycles. The van der Waals surface area contributed by atoms with Crippen LogP contribution in [0.5, 0.6) is 0 Å². The smallest absolute Gasteiger partial charge is 0.311 e. The van der Waals surface area contributed by atoms with Gasteiger partial charge in [-0.15, -0.1) is 0 Å². The third-order valence-electron chi connectivity index (χ3n) is 2.82. The predicted octanol–water partition coefficient (Wildman–Crippen LogP) is 1.55. The molecule has 5 nitrogen and oxygen atoms in total. The lowest BCUT2D eigenvalue weighted by molar-refractivity contribution is -0.140. The normalized spacial score (nSPS) is 13.7. The lowest BCUT2D eigenvalue weighted by atomic mass is 9.96. The number of rotatable bonds is 6. The van der Waals surface area contributed by atoms with Crippen LogP contribution in [0.15, 0.2) is 24.5 Å². The molecule has 1 aromatic rings. The van der Waals surface area contributed by atoms with Crippen molar-refractivity contribution in [1.82, 2.24) is 10.3 Å². The number of carbonyl (C=O) groups excluding carboxylic acids is 1. The molecular formula is C13H18N2O3. The highest BCUT2D eigenvalue weighted by atomic mass is 16.4. The van der Waals surface area contributed by atoms with Gasteiger partial charge >= 0.3 is 5.97 Å². The predicted molar refractivity (Wildman–Crippen MR) is 67.1 cm³/mol. The van der Waals surface area contributed by atoms with Crippen molar-refractivity contribution in [2.75, 3.05) is 0 Å². The van der Waals surface area contributed by atoms with E-state index >= 15 is 0 Å². The van der Waals surface area contributed by atoms with Crippen molar-refractivity contribution in [2.24, 2.45) is 0 Å². The molecule has 0 aliphatic rings. The van der Waals surface area contributed by atoms with Crippen LogP contribution in [0, 0.1) is 0 Å². The molecule has 5 heteroatoms. The highest BCUT2D eigenvalue weighted by molar-refractivity contribution is 5.85. The first-order valence-corrected chi connectivity index (χ1v) is 5.96. The van der Waals surface area contributed by atoms with E-state index in [1.54, 1.807) is 12.1 Å². The number of nitrogens with one attached hydrogen (secondary N) is 1. The maximum absolute atomic E-state index is 11.7. The minimum absolute atomic E-state index is 0.0519. The number of carbonyl (C=O) groups is 2. The van der Waals surface area contributed by atoms with Gasteiger partial charge in [0.05, 0.1) is 5.92 Å². The Bertz CT molecular complexity index is 406. The zero-order valence-electron chi connectivity index (χ0n) is 10.6. The Balaban J connectivity index is 2.71. The monoisotopic (exact) mass is 250 g/mol. The Morgan fingerprint density at radius 2 is 2.00 bits per heavy atom. The minimum atomic E-state index is -1.000. The highest BCUT2D eigenvalue weighted by Gasteiger charge is 2.23. The van der Waals surface area contributed by atoms with Gasteiger partial charge in [0, 0.05) is 24.9 Å². The SMILES string of the molecule is CCC(C)NC(=O)CC(C(=O)O)c1ccncc1. The van der Waals surface area contributed by atoms with Crippen LogP contribution in [0.2, 0.25) is 0 Å². The van der Waals surface area contributed by atoms with Crippen molar-refractivity contribution in [3.05, 3.63) is 30.1 Å². The van der Waals surface area contributed by atoms with Gasteiger partial charge in [-0.2, -0.15) is 0 Å². The van der Waals surface area contributed by atoms with Gasteiger partial charge in [-0.1, -0.05) is 6.92 Å². The van der Waals surface area contributed by atoms with Crippen LogP contribution in [-0.4, -0.2) is 28.0 Å². The van der Waals surface area contributed by atoms with Gasteiger partial charge < -0.3 is 10.4 Å². The van der Waals surface area contributed by atoms with Crippen molar-refractivity contribution in [2.45, 2.75) is 38.6 Å². The number of hydrogen-bond acceptors (Lipinski definition) is 3. The molecule has 1 aromatic heterocycles. The van der Waals surface area contributed by atoms with E-state index in [1.165, 1.54) is 12.4 Å². The summed E-state index contributed by atoms with van der Waals surface area (Å²) in [6, 6.07) is 3.30. The largest absolute Gasteiger partial charge is 0.481 e. The molecule has 0 aliphatic heterocycles. The molecule has 2 N–H and O–H groups in total. The fraction of sp³-hybridized carbons (Fsp3) is 0.462. The number of hydrogen-bond donors (Lipinski definition) is 2. The molecule has 2 unspecified atom stereocenters. The molecule has 0 fully saturated rings. The lowest BCUT2D eigenvalue weighted by Gasteiger charge is -2.15. The molecule has 1 rings (SSSR count). The number of pyridine rings is 1. The first-order chi connectivity index (χ1) is 8.54. The van der Waals surface area contributed by atoms with E-state index in [4.69, 9.17) is 5.11 Å². The Kier molecular flexibility index (Phi) is 5.30. The summed E-state index contributed by atoms with van der Waals surface area (Å²) in [5.41, 5.74) is 0.594. The Hall–Kier alpha value is -1.91. The van der Waals surface area contributed by atoms with Crippen molar-refractivity contribution >= 4 is 11.9 Å². The molecule has 2 atom stereocenters. The molecule has 0 saturated carbocycles. The summed E-state index contributed by atoms with van der Waals surface area (Å²) >= 11 is 0. The standard InChI is InChI=1S/C13H18N2O3/c1-3-9(2)15-12(16)8-11(13(17)18)10-4-6-14-7-5-10/h4-7,9,11H,3,8H2,1-2H3,(H,15,16)(H,17,18). The second kappa shape index (κ2) is 6.74. The molecule has 0 spiro atoms. The van der Waals surface area contributed by atoms with E-state index in [0.29, 0.717) is 5.56 Å². The third-order valence-corrected chi connectivity index (χ3v) is 2.82. The van der Waals surface area contributed by atoms with Crippen LogP contribution >= 0.6 is 0 Å². The van der Waals surface area contributed by atoms with Crippen LogP contribution in [0.25, 0.3) is 0 Å². The number of amides is 1. The second-order valence-corrected chi connectivity index (χ2v) is 4.25. The molecule has 98 valence electrons. The Morgan fingerprint density at radius 3 is 2.50 bits per heavy atom. The van der Waals surface area contributed by atoms with Crippen molar-refractivity contribution in [1.29, 1.82) is 0 Å². The number of aromatic nitrogens is 1. The highest BCUT2D eigenvalue weighted by Crippen LogP contribution is 2.19. The van der Waals surface area contributed by atoms with Crippen LogP contribution in [0.1, 0.15) is 38.2 Å². The molecule has 18 heavy (non-hydrogen) atoms. The quantitative estimate of drug-likeness (QED) is 0.803. The van der Waals surface area contributed by atoms with Gasteiger partial charge in [-0.25, -0.2) is 0 Å². The van der Waals surface area contributed by atoms with E-state index in [1.807, 2.05) is 13.8 Å². The first-order valence-electron chi connectivity index (χ1n) is 5.96. The summed E-state index contributed by atoms with van der Waals surface area (Å²) in [6.07, 6.45) is 3.82. The summed E-state index contributed by atoms with van der Waals surface area (Å²) in [5.74, 6) is -2.06. The molecule has 1 heterocycles. The van der Waals surface area contributed by atoms with E-state index in [0.717, 1.165) is 6.42 Å². The molecule has 0 aliphatic carbocycles. The van der Waals surface area contributed by atoms with Gasteiger partial charge in [0.15, 0.2) is 0 Å². The number of aliphatic carboxylic acids is 1. The fourth-order valence-corrected chi connectivity index (χ4v) is 1.56. The molecule has 1 amide bonds. The van der Waals surface area contributed by atoms with E-state index < -0.39 is 11.9 Å². The van der Waals surface area contributed by atoms with Gasteiger partial charge in [-0.3, -0.25) is 14.6 Å². The average Bonchev–Trinajstić information content (AvgIpc) is 2.36. The number of carboxylic acid groups (broad SMARTS) is 1. The zero-order valence-corrected chi connectivity index (χ0v) is 10.6. The Morgan fingerprint density at radius 1 is 1.39 bits per heavy atom. The summed E-state index contributed by atoms with van der Waals surface area (Å²) in [5, 5.41) is 11.9. The van der Waals surface area contributed by atoms with Crippen LogP contribution in [0.3, 0.4) is 0 Å². The van der Waals surface area contributed by atoms with Crippen LogP contribution < -0.4 is 5.32 Å². The fourth-order valence-electron chi connectivity index (χ4n) is 1.56. The molecule has 0 saturated heterocycles. The van der Waals surface area contributed by atoms with Gasteiger partial charge in [-0.05, 0) is 31.0 Å². The summed E-state index contributed by atoms with van der Waals surface area (Å²) in [7, 11) is 0. The Labute approximate surface area is 106 Å². The maximum atomic E-state index is 11.7. The van der Waals surface area contributed by atoms with Crippen molar-refractivity contribution < 1.29 is 14.7 Å². The van der Waals surface area contributed by atoms with Crippen molar-refractivity contribution in [3.8, 4) is 0 Å². The maximum Gasteiger partial charge on any atom is 0.311 e. The minimum Gasteiger partial charge on any atom is -0.481 e. The summed E-state index contributed by atoms with van der Waals surface area (Å²) in [4.78, 5) is 26.7. The molecule has 0 radical (unpaired) electrons. The van der Waals surface area contributed by atoms with Gasteiger partial charge in [0.25, 0.3) is 0 Å². The lowest BCUT2D eigenvalue weighted by Crippen LogP contribution is -2.34. The summed E-state index contributed by atoms with van der Waals surface area (Å²) in [6.45, 7) is 3.85. The average molecular weight is 250 g/mol.